The van der Waals surface area contributed by atoms with E-state index in [9.17, 15) is 0 Å². The first kappa shape index (κ1) is 13.9. The summed E-state index contributed by atoms with van der Waals surface area (Å²) in [4.78, 5) is 2.16. The fraction of sp³-hybridized carbons (Fsp3) is 0.600. The molecule has 0 saturated heterocycles. The van der Waals surface area contributed by atoms with Crippen molar-refractivity contribution >= 4 is 0 Å². The highest BCUT2D eigenvalue weighted by Gasteiger charge is 2.32. The quantitative estimate of drug-likeness (QED) is 0.693. The summed E-state index contributed by atoms with van der Waals surface area (Å²) in [7, 11) is 2.07. The number of likely N-dealkylation sites (N-methyl/N-ethyl adjacent to an activating group) is 1. The van der Waals surface area contributed by atoms with E-state index in [0.717, 1.165) is 17.0 Å². The second kappa shape index (κ2) is 3.94. The Hall–Kier alpha value is -1.18. The zero-order valence-corrected chi connectivity index (χ0v) is 12.3. The van der Waals surface area contributed by atoms with Crippen LogP contribution in [0.1, 0.15) is 41.5 Å². The lowest BCUT2D eigenvalue weighted by Gasteiger charge is -2.41. The molecule has 2 heteroatoms. The highest BCUT2D eigenvalue weighted by Crippen LogP contribution is 2.41. The van der Waals surface area contributed by atoms with Crippen molar-refractivity contribution in [2.75, 3.05) is 7.05 Å². The number of hydrogen-bond acceptors (Lipinski definition) is 2. The van der Waals surface area contributed by atoms with Crippen molar-refractivity contribution in [2.24, 2.45) is 16.6 Å². The average Bonchev–Trinajstić information content (AvgIpc) is 2.07. The van der Waals surface area contributed by atoms with Crippen molar-refractivity contribution in [3.8, 4) is 0 Å². The van der Waals surface area contributed by atoms with E-state index in [4.69, 9.17) is 5.73 Å². The van der Waals surface area contributed by atoms with E-state index in [1.54, 1.807) is 0 Å². The lowest BCUT2D eigenvalue weighted by atomic mass is 9.79. The standard InChI is InChI=1S/C15H26N2/c1-10-13(15(5,6)7)11(16)9-12(17(10)8)14(2,3)4/h9H,1,16H2,2-8H3. The van der Waals surface area contributed by atoms with E-state index >= 15 is 0 Å². The SMILES string of the molecule is C=C1C(C(C)(C)C)=C(N)C=C(C(C)(C)C)N1C. The minimum absolute atomic E-state index is 0.0232. The van der Waals surface area contributed by atoms with Crippen molar-refractivity contribution in [3.05, 3.63) is 35.3 Å². The third-order valence-corrected chi connectivity index (χ3v) is 3.15. The van der Waals surface area contributed by atoms with Crippen LogP contribution in [-0.4, -0.2) is 11.9 Å². The number of nitrogens with zero attached hydrogens (tertiary/aromatic N) is 1. The molecule has 1 rings (SSSR count). The third-order valence-electron chi connectivity index (χ3n) is 3.15. The van der Waals surface area contributed by atoms with Gasteiger partial charge >= 0.3 is 0 Å². The molecule has 0 amide bonds. The summed E-state index contributed by atoms with van der Waals surface area (Å²) in [6.45, 7) is 17.3. The molecule has 0 radical (unpaired) electrons. The molecule has 0 aromatic rings. The Morgan fingerprint density at radius 2 is 1.53 bits per heavy atom. The average molecular weight is 234 g/mol. The molecular formula is C15H26N2. The van der Waals surface area contributed by atoms with Gasteiger partial charge in [0.1, 0.15) is 0 Å². The molecule has 0 aromatic heterocycles. The smallest absolute Gasteiger partial charge is 0.0391 e. The Bertz CT molecular complexity index is 398. The minimum atomic E-state index is 0.0232. The molecule has 1 aliphatic heterocycles. The van der Waals surface area contributed by atoms with Crippen LogP contribution in [-0.2, 0) is 0 Å². The van der Waals surface area contributed by atoms with Gasteiger partial charge in [-0.15, -0.1) is 0 Å². The van der Waals surface area contributed by atoms with Gasteiger partial charge in [0.25, 0.3) is 0 Å². The monoisotopic (exact) mass is 234 g/mol. The number of allylic oxidation sites excluding steroid dienone is 3. The van der Waals surface area contributed by atoms with E-state index < -0.39 is 0 Å². The van der Waals surface area contributed by atoms with Gasteiger partial charge in [-0.3, -0.25) is 0 Å². The molecule has 0 aliphatic carbocycles. The Balaban J connectivity index is 3.38. The van der Waals surface area contributed by atoms with Crippen molar-refractivity contribution in [1.82, 2.24) is 4.90 Å². The summed E-state index contributed by atoms with van der Waals surface area (Å²) in [5.41, 5.74) is 10.5. The Morgan fingerprint density at radius 1 is 1.06 bits per heavy atom. The van der Waals surface area contributed by atoms with Gasteiger partial charge in [-0.05, 0) is 11.5 Å². The minimum Gasteiger partial charge on any atom is -0.398 e. The van der Waals surface area contributed by atoms with Crippen molar-refractivity contribution in [1.29, 1.82) is 0 Å². The molecule has 0 atom stereocenters. The van der Waals surface area contributed by atoms with Crippen LogP contribution in [0.4, 0.5) is 0 Å². The summed E-state index contributed by atoms with van der Waals surface area (Å²) >= 11 is 0. The van der Waals surface area contributed by atoms with Crippen LogP contribution in [0.2, 0.25) is 0 Å². The summed E-state index contributed by atoms with van der Waals surface area (Å²) in [6.07, 6.45) is 2.09. The summed E-state index contributed by atoms with van der Waals surface area (Å²) in [5.74, 6) is 0. The fourth-order valence-electron chi connectivity index (χ4n) is 2.38. The first-order valence-electron chi connectivity index (χ1n) is 6.11. The maximum Gasteiger partial charge on any atom is 0.0391 e. The van der Waals surface area contributed by atoms with Crippen LogP contribution in [0.25, 0.3) is 0 Å². The summed E-state index contributed by atoms with van der Waals surface area (Å²) in [5, 5.41) is 0. The molecule has 1 aliphatic rings. The fourth-order valence-corrected chi connectivity index (χ4v) is 2.38. The van der Waals surface area contributed by atoms with Crippen LogP contribution in [0.5, 0.6) is 0 Å². The van der Waals surface area contributed by atoms with Crippen LogP contribution >= 0.6 is 0 Å². The van der Waals surface area contributed by atoms with E-state index in [1.807, 2.05) is 0 Å². The van der Waals surface area contributed by atoms with Crippen molar-refractivity contribution in [3.63, 3.8) is 0 Å². The summed E-state index contributed by atoms with van der Waals surface area (Å²) in [6, 6.07) is 0. The van der Waals surface area contributed by atoms with Gasteiger partial charge < -0.3 is 10.6 Å². The maximum absolute atomic E-state index is 6.22. The van der Waals surface area contributed by atoms with Crippen LogP contribution in [0.3, 0.4) is 0 Å². The molecule has 0 unspecified atom stereocenters. The largest absolute Gasteiger partial charge is 0.398 e. The molecule has 2 N–H and O–H groups in total. The van der Waals surface area contributed by atoms with Gasteiger partial charge in [-0.1, -0.05) is 48.1 Å². The molecule has 2 nitrogen and oxygen atoms in total. The molecule has 0 spiro atoms. The number of nitrogens with two attached hydrogens (primary N) is 1. The second-order valence-corrected chi connectivity index (χ2v) is 6.87. The highest BCUT2D eigenvalue weighted by atomic mass is 15.1. The first-order chi connectivity index (χ1) is 7.46. The highest BCUT2D eigenvalue weighted by molar-refractivity contribution is 5.47. The zero-order valence-electron chi connectivity index (χ0n) is 12.3. The topological polar surface area (TPSA) is 29.3 Å². The molecule has 0 saturated carbocycles. The lowest BCUT2D eigenvalue weighted by Crippen LogP contribution is -2.34. The Morgan fingerprint density at radius 3 is 1.88 bits per heavy atom. The lowest BCUT2D eigenvalue weighted by molar-refractivity contribution is 0.342. The Labute approximate surface area is 106 Å². The van der Waals surface area contributed by atoms with Crippen LogP contribution in [0.15, 0.2) is 35.3 Å². The van der Waals surface area contributed by atoms with Crippen LogP contribution in [0, 0.1) is 10.8 Å². The van der Waals surface area contributed by atoms with Gasteiger partial charge in [0.2, 0.25) is 0 Å². The molecule has 96 valence electrons. The first-order valence-corrected chi connectivity index (χ1v) is 6.11. The molecular weight excluding hydrogens is 208 g/mol. The molecule has 0 aromatic carbocycles. The molecule has 1 heterocycles. The van der Waals surface area contributed by atoms with E-state index in [-0.39, 0.29) is 10.8 Å². The zero-order chi connectivity index (χ0) is 13.6. The van der Waals surface area contributed by atoms with Gasteiger partial charge in [-0.2, -0.15) is 0 Å². The van der Waals surface area contributed by atoms with Crippen LogP contribution < -0.4 is 5.73 Å². The van der Waals surface area contributed by atoms with E-state index in [1.165, 1.54) is 5.70 Å². The molecule has 17 heavy (non-hydrogen) atoms. The predicted molar refractivity (Wildman–Crippen MR) is 75.1 cm³/mol. The number of hydrogen-bond donors (Lipinski definition) is 1. The normalized spacial score (nSPS) is 18.6. The number of rotatable bonds is 0. The third kappa shape index (κ3) is 2.56. The Kier molecular flexibility index (Phi) is 3.21. The molecule has 0 fully saturated rings. The van der Waals surface area contributed by atoms with Gasteiger partial charge in [0.15, 0.2) is 0 Å². The predicted octanol–water partition coefficient (Wildman–Crippen LogP) is 3.63. The van der Waals surface area contributed by atoms with Gasteiger partial charge in [-0.25, -0.2) is 0 Å². The maximum atomic E-state index is 6.22. The van der Waals surface area contributed by atoms with Gasteiger partial charge in [0.05, 0.1) is 0 Å². The van der Waals surface area contributed by atoms with E-state index in [0.29, 0.717) is 0 Å². The van der Waals surface area contributed by atoms with Crippen molar-refractivity contribution < 1.29 is 0 Å². The summed E-state index contributed by atoms with van der Waals surface area (Å²) < 4.78 is 0. The van der Waals surface area contributed by atoms with Crippen molar-refractivity contribution in [2.45, 2.75) is 41.5 Å². The second-order valence-electron chi connectivity index (χ2n) is 6.87. The van der Waals surface area contributed by atoms with Gasteiger partial charge in [0, 0.05) is 35.1 Å². The molecule has 0 bridgehead atoms. The van der Waals surface area contributed by atoms with E-state index in [2.05, 4.69) is 66.1 Å².